The van der Waals surface area contributed by atoms with Crippen LogP contribution in [-0.2, 0) is 55.7 Å². The Kier molecular flexibility index (Phi) is 26.2. The zero-order valence-electron chi connectivity index (χ0n) is 43.6. The monoisotopic (exact) mass is 1090 g/mol. The Labute approximate surface area is 438 Å². The van der Waals surface area contributed by atoms with E-state index in [1.807, 2.05) is 26.0 Å². The first-order valence-corrected chi connectivity index (χ1v) is 28.4. The van der Waals surface area contributed by atoms with Gasteiger partial charge < -0.3 is 43.5 Å². The maximum atomic E-state index is 13.7. The van der Waals surface area contributed by atoms with E-state index < -0.39 is 89.1 Å². The van der Waals surface area contributed by atoms with E-state index in [-0.39, 0.29) is 74.4 Å². The number of aromatic amines is 1. The van der Waals surface area contributed by atoms with Crippen molar-refractivity contribution in [3.8, 4) is 12.1 Å². The molecule has 416 valence electrons. The lowest BCUT2D eigenvalue weighted by Gasteiger charge is -2.26. The van der Waals surface area contributed by atoms with E-state index in [0.717, 1.165) is 30.3 Å². The second-order valence-corrected chi connectivity index (χ2v) is 21.3. The lowest BCUT2D eigenvalue weighted by molar-refractivity contribution is -0.155. The van der Waals surface area contributed by atoms with Crippen molar-refractivity contribution in [1.29, 1.82) is 10.5 Å². The number of carbonyl (C=O) groups excluding carboxylic acids is 2. The summed E-state index contributed by atoms with van der Waals surface area (Å²) >= 11 is 0. The van der Waals surface area contributed by atoms with Crippen LogP contribution in [0.3, 0.4) is 0 Å². The van der Waals surface area contributed by atoms with E-state index in [1.165, 1.54) is 88.6 Å². The summed E-state index contributed by atoms with van der Waals surface area (Å²) in [6.45, 7) is 6.41. The number of hydrogen-bond acceptors (Lipinski definition) is 21. The lowest BCUT2D eigenvalue weighted by Crippen LogP contribution is -2.37. The Morgan fingerprint density at radius 3 is 2.17 bits per heavy atom. The fraction of sp³-hybridized carbons (Fsp3) is 0.729. The number of phosphoric ester groups is 1. The van der Waals surface area contributed by atoms with Gasteiger partial charge in [-0.05, 0) is 18.4 Å². The van der Waals surface area contributed by atoms with Gasteiger partial charge in [0.05, 0.1) is 63.8 Å². The molecule has 5 heterocycles. The summed E-state index contributed by atoms with van der Waals surface area (Å²) in [5.74, 6) is -0.494. The number of esters is 1. The van der Waals surface area contributed by atoms with Gasteiger partial charge in [-0.2, -0.15) is 20.5 Å². The maximum Gasteiger partial charge on any atom is 0.474 e. The summed E-state index contributed by atoms with van der Waals surface area (Å²) in [5.41, 5.74) is -1.23. The minimum absolute atomic E-state index is 0.0186. The van der Waals surface area contributed by atoms with Crippen LogP contribution in [0.1, 0.15) is 149 Å². The predicted octanol–water partition coefficient (Wildman–Crippen LogP) is 7.60. The second-order valence-electron chi connectivity index (χ2n) is 18.7. The standard InChI is InChI=1S/C48H74N10O15P2/c1-6-7-8-9-10-11-12-13-14-15-16-17-18-21-39(60)71-36-28-35(70-45(36)57-25-22-38(53-34(4)59)54-48(57)62)30-66-74(63)73-41-37(31-69-75(64,67-26-19-23-49)68-27-20-24-50)72-46(42(41)65-5)58-32-52-40-43(58)55-47(56-44(40)61)51-29-33(2)3/h22,25,32-33,35-37,41-42,45-46,63H,6-21,26-31H2,1-5H3,(H2,51,55,56,61)(H,53,54,59,62)/t35-,36+,37+,41+,42+,45+,46+,74?/m0/s1. The summed E-state index contributed by atoms with van der Waals surface area (Å²) in [4.78, 5) is 78.3. The SMILES string of the molecule is CCCCCCCCCCCCCCCC(=O)O[C@@H]1C[C@@H](COP(O)O[C@H]2[C@@H](OC)[C@H](n3cnc4c(=O)[nH]c(NCC(C)C)nc43)O[C@@H]2COP(=O)(OCCC#N)OCCC#N)O[C@H]1n1ccc(NC(C)=O)nc1=O. The van der Waals surface area contributed by atoms with Crippen LogP contribution in [0.5, 0.6) is 0 Å². The van der Waals surface area contributed by atoms with Gasteiger partial charge in [0.15, 0.2) is 23.6 Å². The molecule has 4 N–H and O–H groups in total. The van der Waals surface area contributed by atoms with Gasteiger partial charge in [-0.1, -0.05) is 97.8 Å². The highest BCUT2D eigenvalue weighted by molar-refractivity contribution is 7.48. The third kappa shape index (κ3) is 19.6. The number of phosphoric acid groups is 1. The van der Waals surface area contributed by atoms with Gasteiger partial charge in [0.25, 0.3) is 5.56 Å². The van der Waals surface area contributed by atoms with E-state index in [0.29, 0.717) is 13.0 Å². The number of nitrogens with one attached hydrogen (secondary N) is 3. The molecule has 2 saturated heterocycles. The highest BCUT2D eigenvalue weighted by Gasteiger charge is 2.50. The molecule has 3 aromatic rings. The summed E-state index contributed by atoms with van der Waals surface area (Å²) < 4.78 is 69.2. The first-order chi connectivity index (χ1) is 36.2. The Hall–Kier alpha value is -4.75. The molecule has 75 heavy (non-hydrogen) atoms. The Balaban J connectivity index is 1.28. The van der Waals surface area contributed by atoms with Crippen LogP contribution in [0.15, 0.2) is 28.2 Å². The fourth-order valence-electron chi connectivity index (χ4n) is 8.45. The molecule has 0 saturated carbocycles. The first-order valence-electron chi connectivity index (χ1n) is 25.9. The number of rotatable bonds is 36. The largest absolute Gasteiger partial charge is 0.474 e. The van der Waals surface area contributed by atoms with Gasteiger partial charge in [0, 0.05) is 39.6 Å². The van der Waals surface area contributed by atoms with Crippen LogP contribution in [0, 0.1) is 28.6 Å². The number of ether oxygens (including phenoxy) is 4. The summed E-state index contributed by atoms with van der Waals surface area (Å²) in [5, 5.41) is 23.7. The molecule has 0 radical (unpaired) electrons. The predicted molar refractivity (Wildman–Crippen MR) is 274 cm³/mol. The average molecular weight is 1090 g/mol. The van der Waals surface area contributed by atoms with E-state index in [1.54, 1.807) is 0 Å². The van der Waals surface area contributed by atoms with Crippen molar-refractivity contribution in [3.05, 3.63) is 39.4 Å². The van der Waals surface area contributed by atoms with Gasteiger partial charge in [-0.15, -0.1) is 0 Å². The van der Waals surface area contributed by atoms with Crippen molar-refractivity contribution in [2.45, 2.75) is 180 Å². The van der Waals surface area contributed by atoms with Crippen molar-refractivity contribution in [1.82, 2.24) is 29.1 Å². The molecule has 0 aliphatic carbocycles. The Morgan fingerprint density at radius 2 is 1.57 bits per heavy atom. The van der Waals surface area contributed by atoms with Crippen LogP contribution in [0.2, 0.25) is 0 Å². The highest BCUT2D eigenvalue weighted by atomic mass is 31.2. The lowest BCUT2D eigenvalue weighted by atomic mass is 10.0. The number of methoxy groups -OCH3 is 1. The smallest absolute Gasteiger partial charge is 0.457 e. The van der Waals surface area contributed by atoms with Crippen LogP contribution in [0.25, 0.3) is 11.2 Å². The third-order valence-corrected chi connectivity index (χ3v) is 14.4. The van der Waals surface area contributed by atoms with Crippen LogP contribution in [-0.4, -0.2) is 116 Å². The summed E-state index contributed by atoms with van der Waals surface area (Å²) in [6, 6.07) is 5.16. The fourth-order valence-corrected chi connectivity index (χ4v) is 10.5. The molecule has 0 spiro atoms. The molecule has 0 aromatic carbocycles. The number of nitrogens with zero attached hydrogens (tertiary/aromatic N) is 7. The number of nitriles is 2. The molecule has 3 aromatic heterocycles. The van der Waals surface area contributed by atoms with Crippen LogP contribution in [0.4, 0.5) is 11.8 Å². The number of anilines is 2. The molecule has 2 aliphatic heterocycles. The van der Waals surface area contributed by atoms with E-state index in [4.69, 9.17) is 52.1 Å². The van der Waals surface area contributed by atoms with E-state index >= 15 is 0 Å². The highest BCUT2D eigenvalue weighted by Crippen LogP contribution is 2.51. The number of imidazole rings is 1. The minimum atomic E-state index is -4.43. The second kappa shape index (κ2) is 32.1. The average Bonchev–Trinajstić information content (AvgIpc) is 4.08. The van der Waals surface area contributed by atoms with Crippen molar-refractivity contribution < 1.29 is 60.6 Å². The zero-order valence-corrected chi connectivity index (χ0v) is 45.4. The molecule has 2 aliphatic rings. The Bertz CT molecular complexity index is 2480. The Morgan fingerprint density at radius 1 is 0.920 bits per heavy atom. The minimum Gasteiger partial charge on any atom is -0.457 e. The van der Waals surface area contributed by atoms with Gasteiger partial charge >= 0.3 is 28.1 Å². The molecule has 2 fully saturated rings. The van der Waals surface area contributed by atoms with Crippen LogP contribution < -0.4 is 21.9 Å². The van der Waals surface area contributed by atoms with Crippen molar-refractivity contribution >= 4 is 51.2 Å². The molecule has 1 unspecified atom stereocenters. The third-order valence-electron chi connectivity index (χ3n) is 12.2. The summed E-state index contributed by atoms with van der Waals surface area (Å²) in [6.07, 6.45) is 9.79. The van der Waals surface area contributed by atoms with Crippen LogP contribution >= 0.6 is 16.4 Å². The van der Waals surface area contributed by atoms with Gasteiger partial charge in [0.1, 0.15) is 30.2 Å². The topological polar surface area (TPSA) is 325 Å². The number of aromatic nitrogens is 6. The van der Waals surface area contributed by atoms with Gasteiger partial charge in [0.2, 0.25) is 11.9 Å². The maximum absolute atomic E-state index is 13.7. The summed E-state index contributed by atoms with van der Waals surface area (Å²) in [7, 11) is -5.91. The molecule has 1 amide bonds. The number of carbonyl (C=O) groups is 2. The van der Waals surface area contributed by atoms with Crippen molar-refractivity contribution in [3.63, 3.8) is 0 Å². The normalized spacial score (nSPS) is 21.1. The number of H-pyrrole nitrogens is 1. The molecular weight excluding hydrogens is 1020 g/mol. The molecule has 5 rings (SSSR count). The molecule has 27 heteroatoms. The molecule has 0 bridgehead atoms. The van der Waals surface area contributed by atoms with Crippen molar-refractivity contribution in [2.75, 3.05) is 50.7 Å². The first kappa shape index (κ1) is 61.1. The molecule has 8 atom stereocenters. The quantitative estimate of drug-likeness (QED) is 0.0247. The van der Waals surface area contributed by atoms with Crippen molar-refractivity contribution in [2.24, 2.45) is 5.92 Å². The number of hydrogen-bond donors (Lipinski definition) is 4. The number of amides is 1. The number of fused-ring (bicyclic) bond motifs is 1. The number of unbranched alkanes of at least 4 members (excludes halogenated alkanes) is 12. The van der Waals surface area contributed by atoms with E-state index in [9.17, 15) is 28.6 Å². The van der Waals surface area contributed by atoms with Gasteiger partial charge in [-0.3, -0.25) is 42.1 Å². The van der Waals surface area contributed by atoms with Gasteiger partial charge in [-0.25, -0.2) is 14.3 Å². The zero-order chi connectivity index (χ0) is 54.2. The molecule has 25 nitrogen and oxygen atoms in total. The van der Waals surface area contributed by atoms with E-state index in [2.05, 4.69) is 37.5 Å². The molecular formula is C48H74N10O15P2.